The number of aliphatic hydroxyl groups is 1. The van der Waals surface area contributed by atoms with Crippen molar-refractivity contribution >= 4 is 28.5 Å². The number of aliphatic hydroxyl groups excluding tert-OH is 1. The topological polar surface area (TPSA) is 82.9 Å². The monoisotopic (exact) mass is 520 g/mol. The van der Waals surface area contributed by atoms with E-state index in [1.54, 1.807) is 13.3 Å². The molecular weight excluding hydrogens is 488 g/mol. The Morgan fingerprint density at radius 3 is 2.76 bits per heavy atom. The number of carbonyl (C=O) groups is 1. The molecular formula is C30H33ClN2O4. The summed E-state index contributed by atoms with van der Waals surface area (Å²) in [7, 11) is 1.63. The van der Waals surface area contributed by atoms with Crippen molar-refractivity contribution in [3.63, 3.8) is 0 Å². The third-order valence-corrected chi connectivity index (χ3v) is 7.49. The normalized spacial score (nSPS) is 18.7. The van der Waals surface area contributed by atoms with Crippen LogP contribution in [0, 0.1) is 23.7 Å². The van der Waals surface area contributed by atoms with Crippen LogP contribution in [0.2, 0.25) is 5.02 Å². The highest BCUT2D eigenvalue weighted by molar-refractivity contribution is 6.30. The molecule has 0 amide bonds. The van der Waals surface area contributed by atoms with Gasteiger partial charge in [-0.15, -0.1) is 0 Å². The summed E-state index contributed by atoms with van der Waals surface area (Å²) >= 11 is 5.95. The van der Waals surface area contributed by atoms with E-state index in [0.717, 1.165) is 53.7 Å². The number of benzene rings is 2. The van der Waals surface area contributed by atoms with Gasteiger partial charge < -0.3 is 14.9 Å². The molecule has 0 spiro atoms. The lowest BCUT2D eigenvalue weighted by atomic mass is 9.79. The zero-order valence-corrected chi connectivity index (χ0v) is 21.8. The molecule has 37 heavy (non-hydrogen) atoms. The number of piperidine rings is 1. The third-order valence-electron chi connectivity index (χ3n) is 7.24. The van der Waals surface area contributed by atoms with E-state index in [1.165, 1.54) is 0 Å². The highest BCUT2D eigenvalue weighted by Crippen LogP contribution is 2.35. The highest BCUT2D eigenvalue weighted by Gasteiger charge is 2.30. The Bertz CT molecular complexity index is 1270. The molecule has 0 aliphatic carbocycles. The quantitative estimate of drug-likeness (QED) is 0.359. The molecule has 1 aliphatic rings. The molecule has 1 unspecified atom stereocenters. The van der Waals surface area contributed by atoms with Crippen LogP contribution in [0.25, 0.3) is 10.9 Å². The van der Waals surface area contributed by atoms with Gasteiger partial charge in [0.25, 0.3) is 0 Å². The Hall–Kier alpha value is -3.11. The molecule has 0 saturated carbocycles. The summed E-state index contributed by atoms with van der Waals surface area (Å²) < 4.78 is 5.36. The molecule has 1 saturated heterocycles. The molecule has 1 aliphatic heterocycles. The first-order valence-electron chi connectivity index (χ1n) is 12.7. The molecule has 2 heterocycles. The Morgan fingerprint density at radius 2 is 2.00 bits per heavy atom. The lowest BCUT2D eigenvalue weighted by molar-refractivity contribution is -0.137. The van der Waals surface area contributed by atoms with Crippen molar-refractivity contribution in [1.82, 2.24) is 9.88 Å². The second-order valence-corrected chi connectivity index (χ2v) is 10.1. The molecule has 3 atom stereocenters. The van der Waals surface area contributed by atoms with Crippen LogP contribution >= 0.6 is 11.6 Å². The minimum atomic E-state index is -0.768. The molecule has 3 aromatic rings. The Balaban J connectivity index is 1.39. The van der Waals surface area contributed by atoms with Crippen LogP contribution in [0.1, 0.15) is 49.3 Å². The van der Waals surface area contributed by atoms with Crippen LogP contribution < -0.4 is 4.74 Å². The molecule has 2 aromatic carbocycles. The number of rotatable bonds is 9. The van der Waals surface area contributed by atoms with Crippen molar-refractivity contribution in [2.24, 2.45) is 11.8 Å². The number of hydrogen-bond donors (Lipinski definition) is 2. The molecule has 194 valence electrons. The third kappa shape index (κ3) is 7.45. The maximum absolute atomic E-state index is 11.3. The first-order chi connectivity index (χ1) is 17.9. The minimum absolute atomic E-state index is 0.156. The smallest absolute Gasteiger partial charge is 0.303 e. The van der Waals surface area contributed by atoms with Crippen LogP contribution in [0.15, 0.2) is 54.7 Å². The molecule has 1 fully saturated rings. The van der Waals surface area contributed by atoms with Gasteiger partial charge >= 0.3 is 5.97 Å². The summed E-state index contributed by atoms with van der Waals surface area (Å²) in [5.41, 5.74) is 2.60. The number of aromatic nitrogens is 1. The van der Waals surface area contributed by atoms with Gasteiger partial charge in [0.1, 0.15) is 5.75 Å². The second-order valence-electron chi connectivity index (χ2n) is 9.66. The number of pyridine rings is 1. The number of likely N-dealkylation sites (tertiary alicyclic amines) is 1. The average Bonchev–Trinajstić information content (AvgIpc) is 2.91. The lowest BCUT2D eigenvalue weighted by Gasteiger charge is -2.38. The Kier molecular flexibility index (Phi) is 9.40. The van der Waals surface area contributed by atoms with Gasteiger partial charge in [0.15, 0.2) is 0 Å². The number of methoxy groups -OCH3 is 1. The predicted octanol–water partition coefficient (Wildman–Crippen LogP) is 5.57. The largest absolute Gasteiger partial charge is 0.497 e. The number of nitrogens with zero attached hydrogens (tertiary/aromatic N) is 2. The summed E-state index contributed by atoms with van der Waals surface area (Å²) in [5, 5.41) is 22.0. The number of aliphatic carboxylic acids is 1. The first-order valence-corrected chi connectivity index (χ1v) is 13.1. The van der Waals surface area contributed by atoms with E-state index in [-0.39, 0.29) is 12.3 Å². The van der Waals surface area contributed by atoms with Gasteiger partial charge in [-0.25, -0.2) is 0 Å². The standard InChI is InChI=1S/C30H33ClN2O4/c1-37-25-10-11-28-27(19-25)26(14-16-32-28)29(34)12-6-22-15-18-33(20-23(22)7-13-30(35)36)17-2-3-21-4-8-24(31)9-5-21/h4-5,8-11,14,16,19,22-23,29,34H,6-7,12-13,15,17-18,20H2,1H3,(H,35,36)/t22-,23+,29?/m1/s1. The van der Waals surface area contributed by atoms with Crippen molar-refractivity contribution < 1.29 is 19.7 Å². The molecule has 1 aromatic heterocycles. The molecule has 2 N–H and O–H groups in total. The Labute approximate surface area is 223 Å². The van der Waals surface area contributed by atoms with Crippen molar-refractivity contribution in [3.05, 3.63) is 70.9 Å². The van der Waals surface area contributed by atoms with E-state index in [9.17, 15) is 15.0 Å². The van der Waals surface area contributed by atoms with Gasteiger partial charge in [-0.05, 0) is 98.2 Å². The van der Waals surface area contributed by atoms with Crippen molar-refractivity contribution in [2.75, 3.05) is 26.7 Å². The van der Waals surface area contributed by atoms with Crippen LogP contribution in [0.4, 0.5) is 0 Å². The summed E-state index contributed by atoms with van der Waals surface area (Å²) in [4.78, 5) is 18.0. The number of carboxylic acids is 1. The zero-order chi connectivity index (χ0) is 26.2. The molecule has 4 rings (SSSR count). The van der Waals surface area contributed by atoms with Gasteiger partial charge in [0, 0.05) is 35.1 Å². The fourth-order valence-corrected chi connectivity index (χ4v) is 5.32. The fraction of sp³-hybridized carbons (Fsp3) is 0.400. The van der Waals surface area contributed by atoms with Gasteiger partial charge in [-0.2, -0.15) is 0 Å². The van der Waals surface area contributed by atoms with E-state index < -0.39 is 12.1 Å². The van der Waals surface area contributed by atoms with E-state index in [1.807, 2.05) is 48.5 Å². The van der Waals surface area contributed by atoms with Gasteiger partial charge in [-0.3, -0.25) is 14.7 Å². The van der Waals surface area contributed by atoms with Crippen molar-refractivity contribution in [3.8, 4) is 17.6 Å². The van der Waals surface area contributed by atoms with Crippen LogP contribution in [-0.4, -0.2) is 52.8 Å². The summed E-state index contributed by atoms with van der Waals surface area (Å²) in [6.07, 6.45) is 4.30. The van der Waals surface area contributed by atoms with Gasteiger partial charge in [0.2, 0.25) is 0 Å². The minimum Gasteiger partial charge on any atom is -0.497 e. The number of fused-ring (bicyclic) bond motifs is 1. The summed E-state index contributed by atoms with van der Waals surface area (Å²) in [5.74, 6) is 7.01. The second kappa shape index (κ2) is 12.9. The molecule has 6 nitrogen and oxygen atoms in total. The number of halogens is 1. The Morgan fingerprint density at radius 1 is 1.19 bits per heavy atom. The lowest BCUT2D eigenvalue weighted by Crippen LogP contribution is -2.41. The van der Waals surface area contributed by atoms with Crippen LogP contribution in [0.5, 0.6) is 5.75 Å². The van der Waals surface area contributed by atoms with E-state index in [4.69, 9.17) is 16.3 Å². The fourth-order valence-electron chi connectivity index (χ4n) is 5.19. The first kappa shape index (κ1) is 26.9. The summed E-state index contributed by atoms with van der Waals surface area (Å²) in [6.45, 7) is 2.38. The molecule has 7 heteroatoms. The van der Waals surface area contributed by atoms with Crippen molar-refractivity contribution in [1.29, 1.82) is 0 Å². The van der Waals surface area contributed by atoms with Crippen LogP contribution in [-0.2, 0) is 4.79 Å². The van der Waals surface area contributed by atoms with E-state index >= 15 is 0 Å². The molecule has 0 bridgehead atoms. The van der Waals surface area contributed by atoms with Crippen molar-refractivity contribution in [2.45, 2.75) is 38.2 Å². The SMILES string of the molecule is COc1ccc2nccc(C(O)CC[C@@H]3CCN(CC#Cc4ccc(Cl)cc4)C[C@@H]3CCC(=O)O)c2c1. The van der Waals surface area contributed by atoms with Crippen LogP contribution in [0.3, 0.4) is 0 Å². The predicted molar refractivity (Wildman–Crippen MR) is 146 cm³/mol. The zero-order valence-electron chi connectivity index (χ0n) is 21.1. The number of ether oxygens (including phenoxy) is 1. The summed E-state index contributed by atoms with van der Waals surface area (Å²) in [6, 6.07) is 15.0. The maximum Gasteiger partial charge on any atom is 0.303 e. The number of carboxylic acid groups (broad SMARTS) is 1. The van der Waals surface area contributed by atoms with Gasteiger partial charge in [0.05, 0.1) is 25.3 Å². The molecule has 0 radical (unpaired) electrons. The maximum atomic E-state index is 11.3. The van der Waals surface area contributed by atoms with E-state index in [2.05, 4.69) is 21.7 Å². The highest BCUT2D eigenvalue weighted by atomic mass is 35.5. The number of hydrogen-bond acceptors (Lipinski definition) is 5. The van der Waals surface area contributed by atoms with E-state index in [0.29, 0.717) is 30.3 Å². The van der Waals surface area contributed by atoms with Gasteiger partial charge in [-0.1, -0.05) is 23.4 Å². The average molecular weight is 521 g/mol.